The first kappa shape index (κ1) is 15.0. The van der Waals surface area contributed by atoms with Crippen LogP contribution in [-0.2, 0) is 0 Å². The highest BCUT2D eigenvalue weighted by Gasteiger charge is 2.13. The lowest BCUT2D eigenvalue weighted by atomic mass is 10.0. The zero-order chi connectivity index (χ0) is 15.4. The van der Waals surface area contributed by atoms with Crippen LogP contribution in [0.1, 0.15) is 29.5 Å². The highest BCUT2D eigenvalue weighted by molar-refractivity contribution is 5.59. The summed E-state index contributed by atoms with van der Waals surface area (Å²) in [5.74, 6) is 0.376. The highest BCUT2D eigenvalue weighted by Crippen LogP contribution is 2.26. The lowest BCUT2D eigenvalue weighted by Gasteiger charge is -2.16. The Labute approximate surface area is 125 Å². The topological polar surface area (TPSA) is 55.2 Å². The average Bonchev–Trinajstić information content (AvgIpc) is 2.48. The number of anilines is 1. The van der Waals surface area contributed by atoms with Crippen molar-refractivity contribution in [2.45, 2.75) is 26.7 Å². The van der Waals surface area contributed by atoms with Crippen LogP contribution in [0.3, 0.4) is 0 Å². The zero-order valence-electron chi connectivity index (χ0n) is 12.6. The Morgan fingerprint density at radius 2 is 1.81 bits per heavy atom. The number of benzene rings is 2. The molecule has 110 valence electrons. The Morgan fingerprint density at radius 1 is 1.14 bits per heavy atom. The van der Waals surface area contributed by atoms with Gasteiger partial charge in [0.15, 0.2) is 0 Å². The number of aryl methyl sites for hydroxylation is 2. The molecule has 1 N–H and O–H groups in total. The van der Waals surface area contributed by atoms with Gasteiger partial charge in [-0.3, -0.25) is 10.1 Å². The van der Waals surface area contributed by atoms with Crippen molar-refractivity contribution in [3.63, 3.8) is 0 Å². The van der Waals surface area contributed by atoms with Gasteiger partial charge in [0.2, 0.25) is 0 Å². The van der Waals surface area contributed by atoms with Gasteiger partial charge in [-0.2, -0.15) is 0 Å². The van der Waals surface area contributed by atoms with Crippen LogP contribution in [0.2, 0.25) is 0 Å². The quantitative estimate of drug-likeness (QED) is 0.653. The largest absolute Gasteiger partial charge is 0.384 e. The minimum atomic E-state index is -0.335. The van der Waals surface area contributed by atoms with Crippen molar-refractivity contribution in [2.75, 3.05) is 11.9 Å². The average molecular weight is 284 g/mol. The smallest absolute Gasteiger partial charge is 0.272 e. The second-order valence-corrected chi connectivity index (χ2v) is 5.40. The zero-order valence-corrected chi connectivity index (χ0v) is 12.6. The van der Waals surface area contributed by atoms with Crippen molar-refractivity contribution in [2.24, 2.45) is 0 Å². The van der Waals surface area contributed by atoms with Crippen LogP contribution in [0.25, 0.3) is 0 Å². The number of nitrogens with one attached hydrogen (secondary N) is 1. The molecule has 4 heteroatoms. The van der Waals surface area contributed by atoms with Gasteiger partial charge in [0.25, 0.3) is 5.69 Å². The van der Waals surface area contributed by atoms with Gasteiger partial charge in [-0.15, -0.1) is 0 Å². The minimum absolute atomic E-state index is 0.175. The molecule has 2 aromatic carbocycles. The van der Waals surface area contributed by atoms with Crippen LogP contribution in [0, 0.1) is 24.0 Å². The van der Waals surface area contributed by atoms with Gasteiger partial charge in [0.05, 0.1) is 4.92 Å². The molecule has 0 aliphatic heterocycles. The number of rotatable bonds is 5. The van der Waals surface area contributed by atoms with Gasteiger partial charge in [-0.1, -0.05) is 37.3 Å². The Balaban J connectivity index is 2.10. The van der Waals surface area contributed by atoms with E-state index in [1.54, 1.807) is 13.0 Å². The molecule has 0 aliphatic rings. The van der Waals surface area contributed by atoms with E-state index in [1.165, 1.54) is 5.56 Å². The maximum Gasteiger partial charge on any atom is 0.272 e. The maximum atomic E-state index is 10.9. The number of hydrogen-bond acceptors (Lipinski definition) is 3. The molecule has 0 aliphatic carbocycles. The Hall–Kier alpha value is -2.36. The third kappa shape index (κ3) is 3.60. The van der Waals surface area contributed by atoms with E-state index in [2.05, 4.69) is 24.4 Å². The molecule has 2 aromatic rings. The summed E-state index contributed by atoms with van der Waals surface area (Å²) in [6.45, 7) is 6.61. The predicted molar refractivity (Wildman–Crippen MR) is 85.9 cm³/mol. The van der Waals surface area contributed by atoms with E-state index in [9.17, 15) is 10.1 Å². The van der Waals surface area contributed by atoms with Crippen molar-refractivity contribution in [3.05, 3.63) is 69.3 Å². The van der Waals surface area contributed by atoms with E-state index in [4.69, 9.17) is 0 Å². The van der Waals surface area contributed by atoms with Crippen molar-refractivity contribution in [3.8, 4) is 0 Å². The van der Waals surface area contributed by atoms with Gasteiger partial charge in [-0.05, 0) is 37.0 Å². The molecule has 0 fully saturated rings. The predicted octanol–water partition coefficient (Wildman–Crippen LogP) is 4.43. The first-order chi connectivity index (χ1) is 9.99. The van der Waals surface area contributed by atoms with Crippen LogP contribution in [0.15, 0.2) is 42.5 Å². The van der Waals surface area contributed by atoms with E-state index < -0.39 is 0 Å². The molecule has 0 saturated carbocycles. The fourth-order valence-electron chi connectivity index (χ4n) is 2.35. The number of hydrogen-bond donors (Lipinski definition) is 1. The molecule has 21 heavy (non-hydrogen) atoms. The third-order valence-corrected chi connectivity index (χ3v) is 3.71. The van der Waals surface area contributed by atoms with E-state index in [1.807, 2.05) is 31.2 Å². The molecule has 1 atom stereocenters. The van der Waals surface area contributed by atoms with Gasteiger partial charge < -0.3 is 5.32 Å². The van der Waals surface area contributed by atoms with Gasteiger partial charge in [0, 0.05) is 23.9 Å². The van der Waals surface area contributed by atoms with Crippen LogP contribution < -0.4 is 5.32 Å². The molecule has 0 radical (unpaired) electrons. The normalized spacial score (nSPS) is 12.0. The SMILES string of the molecule is Cc1cc([N+](=O)[O-])c(C)cc1NCC(C)c1ccccc1. The highest BCUT2D eigenvalue weighted by atomic mass is 16.6. The maximum absolute atomic E-state index is 10.9. The Morgan fingerprint density at radius 3 is 2.43 bits per heavy atom. The fourth-order valence-corrected chi connectivity index (χ4v) is 2.35. The second-order valence-electron chi connectivity index (χ2n) is 5.40. The number of nitrogens with zero attached hydrogens (tertiary/aromatic N) is 1. The molecule has 0 heterocycles. The van der Waals surface area contributed by atoms with Crippen molar-refractivity contribution in [1.29, 1.82) is 0 Å². The Bertz CT molecular complexity index is 639. The van der Waals surface area contributed by atoms with E-state index in [-0.39, 0.29) is 10.6 Å². The van der Waals surface area contributed by atoms with Gasteiger partial charge >= 0.3 is 0 Å². The Kier molecular flexibility index (Phi) is 4.58. The lowest BCUT2D eigenvalue weighted by molar-refractivity contribution is -0.385. The van der Waals surface area contributed by atoms with Crippen molar-refractivity contribution < 1.29 is 4.92 Å². The van der Waals surface area contributed by atoms with E-state index in [0.29, 0.717) is 11.5 Å². The summed E-state index contributed by atoms with van der Waals surface area (Å²) in [6.07, 6.45) is 0. The van der Waals surface area contributed by atoms with Crippen molar-refractivity contribution in [1.82, 2.24) is 0 Å². The second kappa shape index (κ2) is 6.39. The van der Waals surface area contributed by atoms with Gasteiger partial charge in [-0.25, -0.2) is 0 Å². The summed E-state index contributed by atoms with van der Waals surface area (Å²) in [5.41, 5.74) is 3.99. The number of nitro benzene ring substituents is 1. The molecular weight excluding hydrogens is 264 g/mol. The summed E-state index contributed by atoms with van der Waals surface area (Å²) < 4.78 is 0. The summed E-state index contributed by atoms with van der Waals surface area (Å²) in [5, 5.41) is 14.3. The van der Waals surface area contributed by atoms with Crippen LogP contribution in [0.4, 0.5) is 11.4 Å². The molecule has 0 spiro atoms. The fraction of sp³-hybridized carbons (Fsp3) is 0.294. The summed E-state index contributed by atoms with van der Waals surface area (Å²) >= 11 is 0. The summed E-state index contributed by atoms with van der Waals surface area (Å²) in [6, 6.07) is 13.8. The molecule has 0 aromatic heterocycles. The summed E-state index contributed by atoms with van der Waals surface area (Å²) in [4.78, 5) is 10.6. The molecule has 2 rings (SSSR count). The minimum Gasteiger partial charge on any atom is -0.384 e. The molecular formula is C17H20N2O2. The van der Waals surface area contributed by atoms with Crippen LogP contribution >= 0.6 is 0 Å². The van der Waals surface area contributed by atoms with Crippen LogP contribution in [-0.4, -0.2) is 11.5 Å². The molecule has 1 unspecified atom stereocenters. The standard InChI is InChI=1S/C17H20N2O2/c1-12-10-17(19(20)21)13(2)9-16(12)18-11-14(3)15-7-5-4-6-8-15/h4-10,14,18H,11H2,1-3H3. The first-order valence-corrected chi connectivity index (χ1v) is 7.03. The number of nitro groups is 1. The monoisotopic (exact) mass is 284 g/mol. The van der Waals surface area contributed by atoms with Gasteiger partial charge in [0.1, 0.15) is 0 Å². The van der Waals surface area contributed by atoms with Crippen molar-refractivity contribution >= 4 is 11.4 Å². The summed E-state index contributed by atoms with van der Waals surface area (Å²) in [7, 11) is 0. The molecule has 0 saturated heterocycles. The van der Waals surface area contributed by atoms with E-state index >= 15 is 0 Å². The molecule has 4 nitrogen and oxygen atoms in total. The third-order valence-electron chi connectivity index (χ3n) is 3.71. The molecule has 0 bridgehead atoms. The molecule has 0 amide bonds. The lowest BCUT2D eigenvalue weighted by Crippen LogP contribution is -2.11. The van der Waals surface area contributed by atoms with Crippen LogP contribution in [0.5, 0.6) is 0 Å². The van der Waals surface area contributed by atoms with E-state index in [0.717, 1.165) is 17.8 Å². The first-order valence-electron chi connectivity index (χ1n) is 7.03.